The van der Waals surface area contributed by atoms with Gasteiger partial charge in [-0.15, -0.1) is 0 Å². The molecule has 1 rings (SSSR count). The molecule has 0 bridgehead atoms. The van der Waals surface area contributed by atoms with E-state index in [1.165, 1.54) is 0 Å². The maximum Gasteiger partial charge on any atom is 0.329 e. The van der Waals surface area contributed by atoms with E-state index in [2.05, 4.69) is 5.32 Å². The largest absolute Gasteiger partial charge is 0.480 e. The molecule has 1 saturated heterocycles. The van der Waals surface area contributed by atoms with Crippen LogP contribution < -0.4 is 11.1 Å². The highest BCUT2D eigenvalue weighted by atomic mass is 16.5. The van der Waals surface area contributed by atoms with Crippen molar-refractivity contribution in [1.82, 2.24) is 5.32 Å². The Kier molecular flexibility index (Phi) is 5.10. The molecule has 1 aliphatic rings. The number of hydrogen-bond donors (Lipinski definition) is 3. The summed E-state index contributed by atoms with van der Waals surface area (Å²) in [6.07, 6.45) is 1.10. The van der Waals surface area contributed by atoms with Crippen molar-refractivity contribution >= 4 is 11.9 Å². The number of nitrogens with two attached hydrogens (primary N) is 1. The van der Waals surface area contributed by atoms with Crippen LogP contribution in [0.4, 0.5) is 0 Å². The summed E-state index contributed by atoms with van der Waals surface area (Å²) in [4.78, 5) is 23.3. The van der Waals surface area contributed by atoms with E-state index in [-0.39, 0.29) is 12.8 Å². The lowest BCUT2D eigenvalue weighted by Crippen LogP contribution is -2.60. The molecule has 6 nitrogen and oxygen atoms in total. The first-order valence-electron chi connectivity index (χ1n) is 6.26. The third-order valence-electron chi connectivity index (χ3n) is 3.18. The zero-order valence-corrected chi connectivity index (χ0v) is 10.9. The number of nitrogens with one attached hydrogen (secondary N) is 1. The number of hydrogen-bond acceptors (Lipinski definition) is 4. The molecule has 0 radical (unpaired) electrons. The third-order valence-corrected chi connectivity index (χ3v) is 3.18. The van der Waals surface area contributed by atoms with Crippen molar-refractivity contribution in [2.24, 2.45) is 11.7 Å². The Balaban J connectivity index is 2.66. The number of carboxylic acid groups (broad SMARTS) is 1. The van der Waals surface area contributed by atoms with Crippen LogP contribution >= 0.6 is 0 Å². The van der Waals surface area contributed by atoms with Gasteiger partial charge in [0.1, 0.15) is 5.54 Å². The van der Waals surface area contributed by atoms with Gasteiger partial charge >= 0.3 is 5.97 Å². The maximum absolute atomic E-state index is 11.9. The molecule has 4 N–H and O–H groups in total. The first-order chi connectivity index (χ1) is 8.37. The Hall–Kier alpha value is -1.14. The number of ether oxygens (including phenoxy) is 1. The molecule has 1 heterocycles. The summed E-state index contributed by atoms with van der Waals surface area (Å²) in [5.41, 5.74) is 4.54. The molecule has 0 saturated carbocycles. The second-order valence-electron chi connectivity index (χ2n) is 5.22. The molecule has 1 amide bonds. The molecule has 0 spiro atoms. The van der Waals surface area contributed by atoms with Crippen LogP contribution in [-0.4, -0.2) is 41.8 Å². The highest BCUT2D eigenvalue weighted by Crippen LogP contribution is 2.21. The maximum atomic E-state index is 11.9. The summed E-state index contributed by atoms with van der Waals surface area (Å²) in [5.74, 6) is -1.12. The predicted molar refractivity (Wildman–Crippen MR) is 66.0 cm³/mol. The molecular weight excluding hydrogens is 236 g/mol. The summed E-state index contributed by atoms with van der Waals surface area (Å²) in [6, 6.07) is -0.663. The normalized spacial score (nSPS) is 20.4. The summed E-state index contributed by atoms with van der Waals surface area (Å²) < 4.78 is 5.14. The van der Waals surface area contributed by atoms with E-state index in [0.29, 0.717) is 25.6 Å². The van der Waals surface area contributed by atoms with Crippen molar-refractivity contribution in [2.75, 3.05) is 13.2 Å². The second-order valence-corrected chi connectivity index (χ2v) is 5.22. The second kappa shape index (κ2) is 6.15. The van der Waals surface area contributed by atoms with Crippen LogP contribution in [0.25, 0.3) is 0 Å². The molecule has 0 aromatic carbocycles. The smallest absolute Gasteiger partial charge is 0.329 e. The van der Waals surface area contributed by atoms with Crippen LogP contribution in [0.3, 0.4) is 0 Å². The molecule has 18 heavy (non-hydrogen) atoms. The Labute approximate surface area is 107 Å². The van der Waals surface area contributed by atoms with Gasteiger partial charge in [-0.05, 0) is 12.3 Å². The lowest BCUT2D eigenvalue weighted by molar-refractivity contribution is -0.152. The SMILES string of the molecule is CC(C)CC(N)C(=O)NC1(C(=O)O)CCOCC1. The number of aliphatic carboxylic acids is 1. The van der Waals surface area contributed by atoms with Crippen LogP contribution in [0, 0.1) is 5.92 Å². The summed E-state index contributed by atoms with van der Waals surface area (Å²) in [5, 5.41) is 11.9. The van der Waals surface area contributed by atoms with Gasteiger partial charge in [0, 0.05) is 26.1 Å². The summed E-state index contributed by atoms with van der Waals surface area (Å²) in [7, 11) is 0. The van der Waals surface area contributed by atoms with E-state index < -0.39 is 23.5 Å². The van der Waals surface area contributed by atoms with Gasteiger partial charge in [0.15, 0.2) is 0 Å². The van der Waals surface area contributed by atoms with Crippen molar-refractivity contribution in [1.29, 1.82) is 0 Å². The molecule has 1 atom stereocenters. The molecule has 0 aliphatic carbocycles. The number of amides is 1. The van der Waals surface area contributed by atoms with E-state index >= 15 is 0 Å². The van der Waals surface area contributed by atoms with Gasteiger partial charge in [0.2, 0.25) is 5.91 Å². The Morgan fingerprint density at radius 2 is 1.94 bits per heavy atom. The van der Waals surface area contributed by atoms with Crippen LogP contribution in [0.15, 0.2) is 0 Å². The van der Waals surface area contributed by atoms with Crippen LogP contribution in [-0.2, 0) is 14.3 Å². The zero-order chi connectivity index (χ0) is 13.8. The summed E-state index contributed by atoms with van der Waals surface area (Å²) >= 11 is 0. The van der Waals surface area contributed by atoms with E-state index in [4.69, 9.17) is 10.5 Å². The fourth-order valence-corrected chi connectivity index (χ4v) is 2.06. The Morgan fingerprint density at radius 1 is 1.39 bits per heavy atom. The first-order valence-corrected chi connectivity index (χ1v) is 6.26. The van der Waals surface area contributed by atoms with Gasteiger partial charge in [-0.1, -0.05) is 13.8 Å². The molecule has 104 valence electrons. The highest BCUT2D eigenvalue weighted by molar-refractivity contribution is 5.89. The minimum absolute atomic E-state index is 0.280. The highest BCUT2D eigenvalue weighted by Gasteiger charge is 2.42. The van der Waals surface area contributed by atoms with E-state index in [1.54, 1.807) is 0 Å². The van der Waals surface area contributed by atoms with Gasteiger partial charge < -0.3 is 20.9 Å². The van der Waals surface area contributed by atoms with Crippen molar-refractivity contribution in [3.8, 4) is 0 Å². The monoisotopic (exact) mass is 258 g/mol. The lowest BCUT2D eigenvalue weighted by atomic mass is 9.89. The van der Waals surface area contributed by atoms with Crippen molar-refractivity contribution in [2.45, 2.75) is 44.7 Å². The molecule has 0 aromatic heterocycles. The lowest BCUT2D eigenvalue weighted by Gasteiger charge is -2.34. The van der Waals surface area contributed by atoms with Crippen molar-refractivity contribution < 1.29 is 19.4 Å². The predicted octanol–water partition coefficient (Wildman–Crippen LogP) is 0.110. The molecule has 0 aromatic rings. The third kappa shape index (κ3) is 3.68. The van der Waals surface area contributed by atoms with E-state index in [0.717, 1.165) is 0 Å². The number of rotatable bonds is 5. The number of carbonyl (C=O) groups excluding carboxylic acids is 1. The fraction of sp³-hybridized carbons (Fsp3) is 0.833. The van der Waals surface area contributed by atoms with Crippen LogP contribution in [0.5, 0.6) is 0 Å². The molecule has 1 aliphatic heterocycles. The topological polar surface area (TPSA) is 102 Å². The first kappa shape index (κ1) is 14.9. The van der Waals surface area contributed by atoms with Gasteiger partial charge in [0.25, 0.3) is 0 Å². The zero-order valence-electron chi connectivity index (χ0n) is 10.9. The molecule has 6 heteroatoms. The van der Waals surface area contributed by atoms with E-state index in [9.17, 15) is 14.7 Å². The standard InChI is InChI=1S/C12H22N2O4/c1-8(2)7-9(13)10(15)14-12(11(16)17)3-5-18-6-4-12/h8-9H,3-7,13H2,1-2H3,(H,14,15)(H,16,17). The Bertz CT molecular complexity index is 311. The summed E-state index contributed by atoms with van der Waals surface area (Å²) in [6.45, 7) is 4.61. The van der Waals surface area contributed by atoms with Crippen LogP contribution in [0.2, 0.25) is 0 Å². The minimum atomic E-state index is -1.22. The average molecular weight is 258 g/mol. The molecule has 1 unspecified atom stereocenters. The Morgan fingerprint density at radius 3 is 2.39 bits per heavy atom. The molecular formula is C12H22N2O4. The van der Waals surface area contributed by atoms with Crippen molar-refractivity contribution in [3.63, 3.8) is 0 Å². The van der Waals surface area contributed by atoms with E-state index in [1.807, 2.05) is 13.8 Å². The minimum Gasteiger partial charge on any atom is -0.480 e. The van der Waals surface area contributed by atoms with Gasteiger partial charge in [-0.25, -0.2) is 4.79 Å². The molecule has 1 fully saturated rings. The van der Waals surface area contributed by atoms with Gasteiger partial charge in [0.05, 0.1) is 6.04 Å². The van der Waals surface area contributed by atoms with Gasteiger partial charge in [-0.3, -0.25) is 4.79 Å². The average Bonchev–Trinajstić information content (AvgIpc) is 2.29. The number of carboxylic acids is 1. The van der Waals surface area contributed by atoms with Gasteiger partial charge in [-0.2, -0.15) is 0 Å². The number of carbonyl (C=O) groups is 2. The van der Waals surface area contributed by atoms with Crippen molar-refractivity contribution in [3.05, 3.63) is 0 Å². The quantitative estimate of drug-likeness (QED) is 0.649. The fourth-order valence-electron chi connectivity index (χ4n) is 2.06. The van der Waals surface area contributed by atoms with Crippen LogP contribution in [0.1, 0.15) is 33.1 Å².